The van der Waals surface area contributed by atoms with E-state index >= 15 is 0 Å². The topological polar surface area (TPSA) is 26.3 Å². The van der Waals surface area contributed by atoms with E-state index in [-0.39, 0.29) is 11.9 Å². The second-order valence-electron chi connectivity index (χ2n) is 3.97. The first-order valence-corrected chi connectivity index (χ1v) is 6.40. The molecule has 0 aromatic heterocycles. The largest absolute Gasteiger partial charge is 0.371 e. The second-order valence-corrected chi connectivity index (χ2v) is 3.97. The summed E-state index contributed by atoms with van der Waals surface area (Å²) in [5, 5.41) is 0. The summed E-state index contributed by atoms with van der Waals surface area (Å²) in [4.78, 5) is 11.5. The molecule has 0 saturated heterocycles. The lowest BCUT2D eigenvalue weighted by Gasteiger charge is -2.14. The molecule has 0 aromatic carbocycles. The first-order valence-electron chi connectivity index (χ1n) is 6.40. The van der Waals surface area contributed by atoms with Gasteiger partial charge in [-0.3, -0.25) is 4.79 Å². The number of hydrogen-bond donors (Lipinski definition) is 0. The molecule has 0 bridgehead atoms. The van der Waals surface area contributed by atoms with E-state index in [2.05, 4.69) is 6.92 Å². The maximum atomic E-state index is 11.5. The minimum Gasteiger partial charge on any atom is -0.371 e. The molecule has 0 fully saturated rings. The van der Waals surface area contributed by atoms with E-state index in [0.29, 0.717) is 13.0 Å². The summed E-state index contributed by atoms with van der Waals surface area (Å²) in [7, 11) is 0. The van der Waals surface area contributed by atoms with Crippen molar-refractivity contribution in [2.45, 2.75) is 71.8 Å². The summed E-state index contributed by atoms with van der Waals surface area (Å²) in [5.74, 6) is 0.257. The van der Waals surface area contributed by atoms with Crippen molar-refractivity contribution >= 4 is 5.78 Å². The SMILES string of the molecule is CCCCCCCC(OCC)C(=O)CC. The Morgan fingerprint density at radius 2 is 1.73 bits per heavy atom. The van der Waals surface area contributed by atoms with Crippen molar-refractivity contribution in [2.75, 3.05) is 6.61 Å². The Morgan fingerprint density at radius 3 is 2.27 bits per heavy atom. The summed E-state index contributed by atoms with van der Waals surface area (Å²) in [5.41, 5.74) is 0. The molecule has 0 saturated carbocycles. The Morgan fingerprint density at radius 1 is 1.07 bits per heavy atom. The number of unbranched alkanes of at least 4 members (excludes halogenated alkanes) is 4. The Bertz CT molecular complexity index is 155. The first kappa shape index (κ1) is 14.6. The van der Waals surface area contributed by atoms with Gasteiger partial charge in [-0.1, -0.05) is 46.0 Å². The van der Waals surface area contributed by atoms with E-state index in [9.17, 15) is 4.79 Å². The lowest BCUT2D eigenvalue weighted by molar-refractivity contribution is -0.130. The van der Waals surface area contributed by atoms with Crippen molar-refractivity contribution in [3.63, 3.8) is 0 Å². The summed E-state index contributed by atoms with van der Waals surface area (Å²) in [6.45, 7) is 6.72. The Kier molecular flexibility index (Phi) is 9.91. The van der Waals surface area contributed by atoms with Gasteiger partial charge in [-0.05, 0) is 13.3 Å². The zero-order chi connectivity index (χ0) is 11.5. The third-order valence-corrected chi connectivity index (χ3v) is 2.65. The molecule has 1 unspecified atom stereocenters. The van der Waals surface area contributed by atoms with Gasteiger partial charge in [0.05, 0.1) is 0 Å². The smallest absolute Gasteiger partial charge is 0.161 e. The number of rotatable bonds is 10. The minimum absolute atomic E-state index is 0.137. The van der Waals surface area contributed by atoms with Crippen LogP contribution in [0.25, 0.3) is 0 Å². The molecule has 15 heavy (non-hydrogen) atoms. The van der Waals surface area contributed by atoms with Crippen LogP contribution in [-0.2, 0) is 9.53 Å². The van der Waals surface area contributed by atoms with E-state index in [1.54, 1.807) is 0 Å². The molecule has 0 amide bonds. The minimum atomic E-state index is -0.137. The number of ketones is 1. The fourth-order valence-corrected chi connectivity index (χ4v) is 1.70. The standard InChI is InChI=1S/C13H26O2/c1-4-7-8-9-10-11-13(15-6-3)12(14)5-2/h13H,4-11H2,1-3H3. The van der Waals surface area contributed by atoms with Gasteiger partial charge in [0.25, 0.3) is 0 Å². The lowest BCUT2D eigenvalue weighted by atomic mass is 10.0. The van der Waals surface area contributed by atoms with Crippen LogP contribution in [0.3, 0.4) is 0 Å². The normalized spacial score (nSPS) is 12.7. The molecule has 1 atom stereocenters. The average Bonchev–Trinajstić information content (AvgIpc) is 2.26. The first-order chi connectivity index (χ1) is 7.26. The maximum absolute atomic E-state index is 11.5. The van der Waals surface area contributed by atoms with Crippen LogP contribution in [-0.4, -0.2) is 18.5 Å². The van der Waals surface area contributed by atoms with Crippen molar-refractivity contribution in [3.05, 3.63) is 0 Å². The van der Waals surface area contributed by atoms with Crippen molar-refractivity contribution in [1.82, 2.24) is 0 Å². The van der Waals surface area contributed by atoms with Gasteiger partial charge in [0.15, 0.2) is 5.78 Å². The van der Waals surface area contributed by atoms with Crippen molar-refractivity contribution < 1.29 is 9.53 Å². The Hall–Kier alpha value is -0.370. The number of ether oxygens (including phenoxy) is 1. The van der Waals surface area contributed by atoms with Gasteiger partial charge >= 0.3 is 0 Å². The molecule has 0 heterocycles. The average molecular weight is 214 g/mol. The fraction of sp³-hybridized carbons (Fsp3) is 0.923. The highest BCUT2D eigenvalue weighted by atomic mass is 16.5. The van der Waals surface area contributed by atoms with Crippen LogP contribution in [0, 0.1) is 0 Å². The molecular formula is C13H26O2. The van der Waals surface area contributed by atoms with Gasteiger partial charge in [0, 0.05) is 13.0 Å². The molecule has 0 N–H and O–H groups in total. The lowest BCUT2D eigenvalue weighted by Crippen LogP contribution is -2.23. The molecule has 90 valence electrons. The predicted octanol–water partition coefficient (Wildman–Crippen LogP) is 3.73. The predicted molar refractivity (Wildman–Crippen MR) is 64.1 cm³/mol. The van der Waals surface area contributed by atoms with Crippen LogP contribution in [0.5, 0.6) is 0 Å². The van der Waals surface area contributed by atoms with E-state index in [1.165, 1.54) is 25.7 Å². The van der Waals surface area contributed by atoms with Crippen LogP contribution in [0.4, 0.5) is 0 Å². The molecule has 0 rings (SSSR count). The summed E-state index contributed by atoms with van der Waals surface area (Å²) in [6, 6.07) is 0. The molecular weight excluding hydrogens is 188 g/mol. The third kappa shape index (κ3) is 7.55. The van der Waals surface area contributed by atoms with Crippen LogP contribution < -0.4 is 0 Å². The van der Waals surface area contributed by atoms with Gasteiger partial charge in [-0.2, -0.15) is 0 Å². The third-order valence-electron chi connectivity index (χ3n) is 2.65. The zero-order valence-corrected chi connectivity index (χ0v) is 10.6. The van der Waals surface area contributed by atoms with Crippen LogP contribution in [0.1, 0.15) is 65.7 Å². The molecule has 0 spiro atoms. The van der Waals surface area contributed by atoms with E-state index in [4.69, 9.17) is 4.74 Å². The van der Waals surface area contributed by atoms with Crippen LogP contribution in [0.2, 0.25) is 0 Å². The number of Topliss-reactive ketones (excluding diaryl/α,β-unsaturated/α-hetero) is 1. The Labute approximate surface area is 94.4 Å². The number of carbonyl (C=O) groups excluding carboxylic acids is 1. The highest BCUT2D eigenvalue weighted by Crippen LogP contribution is 2.11. The summed E-state index contributed by atoms with van der Waals surface area (Å²) < 4.78 is 5.45. The summed E-state index contributed by atoms with van der Waals surface area (Å²) in [6.07, 6.45) is 7.58. The van der Waals surface area contributed by atoms with E-state index < -0.39 is 0 Å². The maximum Gasteiger partial charge on any atom is 0.161 e. The van der Waals surface area contributed by atoms with Crippen molar-refractivity contribution in [3.8, 4) is 0 Å². The van der Waals surface area contributed by atoms with Crippen LogP contribution in [0.15, 0.2) is 0 Å². The van der Waals surface area contributed by atoms with Crippen molar-refractivity contribution in [1.29, 1.82) is 0 Å². The van der Waals surface area contributed by atoms with Gasteiger partial charge < -0.3 is 4.74 Å². The van der Waals surface area contributed by atoms with E-state index in [0.717, 1.165) is 12.8 Å². The van der Waals surface area contributed by atoms with Crippen LogP contribution >= 0.6 is 0 Å². The molecule has 0 aliphatic heterocycles. The second kappa shape index (κ2) is 10.2. The van der Waals surface area contributed by atoms with Crippen molar-refractivity contribution in [2.24, 2.45) is 0 Å². The molecule has 0 aromatic rings. The molecule has 2 nitrogen and oxygen atoms in total. The fourth-order valence-electron chi connectivity index (χ4n) is 1.70. The quantitative estimate of drug-likeness (QED) is 0.518. The number of hydrogen-bond acceptors (Lipinski definition) is 2. The van der Waals surface area contributed by atoms with Gasteiger partial charge in [0.1, 0.15) is 6.10 Å². The van der Waals surface area contributed by atoms with Gasteiger partial charge in [0.2, 0.25) is 0 Å². The summed E-state index contributed by atoms with van der Waals surface area (Å²) >= 11 is 0. The highest BCUT2D eigenvalue weighted by Gasteiger charge is 2.15. The van der Waals surface area contributed by atoms with E-state index in [1.807, 2.05) is 13.8 Å². The monoisotopic (exact) mass is 214 g/mol. The molecule has 0 radical (unpaired) electrons. The molecule has 0 aliphatic rings. The van der Waals surface area contributed by atoms with Gasteiger partial charge in [-0.15, -0.1) is 0 Å². The molecule has 2 heteroatoms. The zero-order valence-electron chi connectivity index (χ0n) is 10.6. The van der Waals surface area contributed by atoms with Gasteiger partial charge in [-0.25, -0.2) is 0 Å². The molecule has 0 aliphatic carbocycles. The Balaban J connectivity index is 3.61. The highest BCUT2D eigenvalue weighted by molar-refractivity contribution is 5.82. The number of carbonyl (C=O) groups is 1.